The maximum Gasteiger partial charge on any atom is 0.273 e. The van der Waals surface area contributed by atoms with Crippen molar-refractivity contribution in [2.24, 2.45) is 5.92 Å². The summed E-state index contributed by atoms with van der Waals surface area (Å²) in [5, 5.41) is 0.553. The fourth-order valence-corrected chi connectivity index (χ4v) is 5.10. The number of hydrazine groups is 1. The van der Waals surface area contributed by atoms with Gasteiger partial charge in [0.15, 0.2) is 0 Å². The maximum atomic E-state index is 12.9. The molecule has 0 radical (unpaired) electrons. The van der Waals surface area contributed by atoms with Crippen LogP contribution in [0.5, 0.6) is 5.19 Å². The van der Waals surface area contributed by atoms with Gasteiger partial charge in [-0.3, -0.25) is 15.6 Å². The fraction of sp³-hybridized carbons (Fsp3) is 0.500. The predicted molar refractivity (Wildman–Crippen MR) is 106 cm³/mol. The summed E-state index contributed by atoms with van der Waals surface area (Å²) in [5.74, 6) is 1.13. The molecule has 0 saturated carbocycles. The summed E-state index contributed by atoms with van der Waals surface area (Å²) in [7, 11) is 1.59. The smallest absolute Gasteiger partial charge is 0.273 e. The Labute approximate surface area is 163 Å². The highest BCUT2D eigenvalue weighted by Crippen LogP contribution is 2.33. The fourth-order valence-electron chi connectivity index (χ4n) is 4.25. The molecular weight excluding hydrogens is 360 g/mol. The molecule has 0 bridgehead atoms. The standard InChI is InChI=1S/C20H26N4O2S/c1-13-18(27-20(22-13)26-2)19(25)24-10-8-15(9-11-24)17-16(12-21-23-17)14-6-4-3-5-7-14/h3-7,15-17,21,23H,8-12H2,1-2H3. The Morgan fingerprint density at radius 2 is 2.00 bits per heavy atom. The van der Waals surface area contributed by atoms with E-state index in [0.717, 1.165) is 38.2 Å². The minimum absolute atomic E-state index is 0.0869. The van der Waals surface area contributed by atoms with Gasteiger partial charge >= 0.3 is 0 Å². The predicted octanol–water partition coefficient (Wildman–Crippen LogP) is 2.57. The van der Waals surface area contributed by atoms with Crippen LogP contribution in [0.3, 0.4) is 0 Å². The van der Waals surface area contributed by atoms with Crippen LogP contribution in [-0.2, 0) is 0 Å². The van der Waals surface area contributed by atoms with Gasteiger partial charge in [0.1, 0.15) is 4.88 Å². The van der Waals surface area contributed by atoms with Crippen molar-refractivity contribution in [3.8, 4) is 5.19 Å². The Kier molecular flexibility index (Phi) is 5.43. The summed E-state index contributed by atoms with van der Waals surface area (Å²) in [5.41, 5.74) is 8.98. The molecule has 4 rings (SSSR count). The summed E-state index contributed by atoms with van der Waals surface area (Å²) in [4.78, 5) is 19.8. The third kappa shape index (κ3) is 3.72. The Hall–Kier alpha value is -1.96. The number of aryl methyl sites for hydroxylation is 1. The first-order valence-electron chi connectivity index (χ1n) is 9.51. The van der Waals surface area contributed by atoms with Crippen LogP contribution >= 0.6 is 11.3 Å². The molecule has 6 nitrogen and oxygen atoms in total. The molecule has 2 aliphatic rings. The number of methoxy groups -OCH3 is 1. The average Bonchev–Trinajstić information content (AvgIpc) is 3.35. The molecule has 144 valence electrons. The SMILES string of the molecule is COc1nc(C)c(C(=O)N2CCC(C3NNCC3c3ccccc3)CC2)s1. The lowest BCUT2D eigenvalue weighted by molar-refractivity contribution is 0.0674. The lowest BCUT2D eigenvalue weighted by Gasteiger charge is -2.36. The van der Waals surface area contributed by atoms with Crippen LogP contribution < -0.4 is 15.6 Å². The van der Waals surface area contributed by atoms with Crippen molar-refractivity contribution in [1.29, 1.82) is 0 Å². The van der Waals surface area contributed by atoms with Crippen LogP contribution in [0.4, 0.5) is 0 Å². The molecular formula is C20H26N4O2S. The molecule has 3 heterocycles. The minimum Gasteiger partial charge on any atom is -0.473 e. The Bertz CT molecular complexity index is 787. The number of likely N-dealkylation sites (tertiary alicyclic amines) is 1. The molecule has 2 fully saturated rings. The topological polar surface area (TPSA) is 66.5 Å². The number of aromatic nitrogens is 1. The second kappa shape index (κ2) is 7.96. The van der Waals surface area contributed by atoms with E-state index in [4.69, 9.17) is 4.74 Å². The summed E-state index contributed by atoms with van der Waals surface area (Å²) < 4.78 is 5.17. The van der Waals surface area contributed by atoms with E-state index in [0.29, 0.717) is 27.9 Å². The maximum absolute atomic E-state index is 12.9. The Morgan fingerprint density at radius 1 is 1.26 bits per heavy atom. The number of rotatable bonds is 4. The number of hydrogen-bond donors (Lipinski definition) is 2. The summed E-state index contributed by atoms with van der Waals surface area (Å²) >= 11 is 1.34. The van der Waals surface area contributed by atoms with E-state index in [1.54, 1.807) is 7.11 Å². The van der Waals surface area contributed by atoms with E-state index in [2.05, 4.69) is 46.2 Å². The molecule has 7 heteroatoms. The molecule has 1 aromatic heterocycles. The molecule has 0 aliphatic carbocycles. The number of thiazole rings is 1. The lowest BCUT2D eigenvalue weighted by atomic mass is 9.80. The van der Waals surface area contributed by atoms with E-state index < -0.39 is 0 Å². The number of nitrogens with zero attached hydrogens (tertiary/aromatic N) is 2. The highest BCUT2D eigenvalue weighted by atomic mass is 32.1. The van der Waals surface area contributed by atoms with Crippen molar-refractivity contribution in [2.75, 3.05) is 26.7 Å². The van der Waals surface area contributed by atoms with Crippen LogP contribution in [0.25, 0.3) is 0 Å². The number of piperidine rings is 1. The van der Waals surface area contributed by atoms with Gasteiger partial charge in [-0.05, 0) is 31.2 Å². The Balaban J connectivity index is 1.40. The van der Waals surface area contributed by atoms with E-state index in [1.807, 2.05) is 11.8 Å². The molecule has 2 saturated heterocycles. The van der Waals surface area contributed by atoms with E-state index >= 15 is 0 Å². The van der Waals surface area contributed by atoms with Crippen molar-refractivity contribution in [3.05, 3.63) is 46.5 Å². The monoisotopic (exact) mass is 386 g/mol. The van der Waals surface area contributed by atoms with Gasteiger partial charge in [-0.15, -0.1) is 0 Å². The summed E-state index contributed by atoms with van der Waals surface area (Å²) in [6, 6.07) is 11.1. The molecule has 27 heavy (non-hydrogen) atoms. The van der Waals surface area contributed by atoms with Gasteiger partial charge < -0.3 is 9.64 Å². The van der Waals surface area contributed by atoms with Crippen LogP contribution in [0.2, 0.25) is 0 Å². The first-order valence-corrected chi connectivity index (χ1v) is 10.3. The number of benzene rings is 1. The largest absolute Gasteiger partial charge is 0.473 e. The second-order valence-electron chi connectivity index (χ2n) is 7.30. The molecule has 2 atom stereocenters. The van der Waals surface area contributed by atoms with E-state index in [1.165, 1.54) is 16.9 Å². The first kappa shape index (κ1) is 18.4. The van der Waals surface area contributed by atoms with Crippen molar-refractivity contribution < 1.29 is 9.53 Å². The van der Waals surface area contributed by atoms with Gasteiger partial charge in [0.25, 0.3) is 11.1 Å². The number of ether oxygens (including phenoxy) is 1. The molecule has 2 N–H and O–H groups in total. The van der Waals surface area contributed by atoms with Gasteiger partial charge in [-0.2, -0.15) is 0 Å². The van der Waals surface area contributed by atoms with Crippen molar-refractivity contribution >= 4 is 17.2 Å². The van der Waals surface area contributed by atoms with E-state index in [-0.39, 0.29) is 5.91 Å². The average molecular weight is 387 g/mol. The number of carbonyl (C=O) groups excluding carboxylic acids is 1. The number of carbonyl (C=O) groups is 1. The summed E-state index contributed by atoms with van der Waals surface area (Å²) in [6.07, 6.45) is 2.03. The van der Waals surface area contributed by atoms with Gasteiger partial charge in [0.2, 0.25) is 0 Å². The van der Waals surface area contributed by atoms with Gasteiger partial charge in [0, 0.05) is 31.6 Å². The second-order valence-corrected chi connectivity index (χ2v) is 8.26. The zero-order chi connectivity index (χ0) is 18.8. The quantitative estimate of drug-likeness (QED) is 0.845. The number of hydrogen-bond acceptors (Lipinski definition) is 6. The first-order chi connectivity index (χ1) is 13.2. The van der Waals surface area contributed by atoms with Crippen LogP contribution in [0.1, 0.15) is 39.7 Å². The molecule has 2 aliphatic heterocycles. The molecule has 2 unspecified atom stereocenters. The van der Waals surface area contributed by atoms with Crippen molar-refractivity contribution in [2.45, 2.75) is 31.7 Å². The van der Waals surface area contributed by atoms with Crippen LogP contribution in [0.15, 0.2) is 30.3 Å². The zero-order valence-corrected chi connectivity index (χ0v) is 16.6. The van der Waals surface area contributed by atoms with Crippen molar-refractivity contribution in [1.82, 2.24) is 20.7 Å². The number of amides is 1. The summed E-state index contributed by atoms with van der Waals surface area (Å²) in [6.45, 7) is 4.41. The molecule has 1 aromatic carbocycles. The zero-order valence-electron chi connectivity index (χ0n) is 15.8. The molecule has 0 spiro atoms. The Morgan fingerprint density at radius 3 is 2.67 bits per heavy atom. The van der Waals surface area contributed by atoms with Crippen LogP contribution in [-0.4, -0.2) is 48.6 Å². The van der Waals surface area contributed by atoms with Crippen LogP contribution in [0, 0.1) is 12.8 Å². The highest BCUT2D eigenvalue weighted by molar-refractivity contribution is 7.15. The van der Waals surface area contributed by atoms with Gasteiger partial charge in [-0.1, -0.05) is 41.7 Å². The van der Waals surface area contributed by atoms with Crippen molar-refractivity contribution in [3.63, 3.8) is 0 Å². The molecule has 2 aromatic rings. The van der Waals surface area contributed by atoms with Gasteiger partial charge in [0.05, 0.1) is 12.8 Å². The minimum atomic E-state index is 0.0869. The normalized spacial score (nSPS) is 23.6. The number of nitrogens with one attached hydrogen (secondary N) is 2. The van der Waals surface area contributed by atoms with Gasteiger partial charge in [-0.25, -0.2) is 4.98 Å². The third-order valence-electron chi connectivity index (χ3n) is 5.73. The third-order valence-corrected chi connectivity index (χ3v) is 6.84. The molecule has 1 amide bonds. The highest BCUT2D eigenvalue weighted by Gasteiger charge is 2.37. The van der Waals surface area contributed by atoms with E-state index in [9.17, 15) is 4.79 Å². The lowest BCUT2D eigenvalue weighted by Crippen LogP contribution is -2.45.